The predicted molar refractivity (Wildman–Crippen MR) is 70.3 cm³/mol. The van der Waals surface area contributed by atoms with Gasteiger partial charge in [-0.15, -0.1) is 0 Å². The molecule has 1 unspecified atom stereocenters. The number of carbonyl (C=O) groups is 1. The maximum absolute atomic E-state index is 12.2. The summed E-state index contributed by atoms with van der Waals surface area (Å²) in [5.74, 6) is 5.27. The van der Waals surface area contributed by atoms with Crippen LogP contribution in [0, 0.1) is 6.92 Å². The molecule has 0 bridgehead atoms. The van der Waals surface area contributed by atoms with Crippen LogP contribution in [-0.4, -0.2) is 24.7 Å². The lowest BCUT2D eigenvalue weighted by atomic mass is 10.00. The number of benzene rings is 1. The summed E-state index contributed by atoms with van der Waals surface area (Å²) in [6.45, 7) is 5.16. The van der Waals surface area contributed by atoms with Gasteiger partial charge in [-0.05, 0) is 44.0 Å². The van der Waals surface area contributed by atoms with Gasteiger partial charge in [0.2, 0.25) is 0 Å². The van der Waals surface area contributed by atoms with Crippen LogP contribution in [-0.2, 0) is 4.74 Å². The minimum absolute atomic E-state index is 0.0657. The molecule has 0 aromatic heterocycles. The lowest BCUT2D eigenvalue weighted by molar-refractivity contribution is 0.0889. The SMILES string of the molecule is Cc1cc(NN)ccc1C(=O)NC1(C)CCOC1. The molecule has 1 saturated heterocycles. The van der Waals surface area contributed by atoms with E-state index >= 15 is 0 Å². The molecule has 1 heterocycles. The summed E-state index contributed by atoms with van der Waals surface area (Å²) in [6.07, 6.45) is 0.847. The lowest BCUT2D eigenvalue weighted by Gasteiger charge is -2.24. The Hall–Kier alpha value is -1.59. The zero-order chi connectivity index (χ0) is 13.2. The smallest absolute Gasteiger partial charge is 0.252 e. The number of anilines is 1. The fraction of sp³-hybridized carbons (Fsp3) is 0.462. The van der Waals surface area contributed by atoms with Crippen LogP contribution in [0.25, 0.3) is 0 Å². The molecule has 98 valence electrons. The molecular weight excluding hydrogens is 230 g/mol. The van der Waals surface area contributed by atoms with Crippen molar-refractivity contribution in [1.82, 2.24) is 5.32 Å². The van der Waals surface area contributed by atoms with Gasteiger partial charge in [0.1, 0.15) is 0 Å². The van der Waals surface area contributed by atoms with Crippen molar-refractivity contribution in [3.63, 3.8) is 0 Å². The van der Waals surface area contributed by atoms with Gasteiger partial charge in [-0.3, -0.25) is 10.6 Å². The largest absolute Gasteiger partial charge is 0.379 e. The van der Waals surface area contributed by atoms with Crippen LogP contribution in [0.4, 0.5) is 5.69 Å². The Morgan fingerprint density at radius 2 is 2.28 bits per heavy atom. The molecule has 0 radical (unpaired) electrons. The van der Waals surface area contributed by atoms with Crippen molar-refractivity contribution in [3.05, 3.63) is 29.3 Å². The number of amides is 1. The molecule has 0 saturated carbocycles. The van der Waals surface area contributed by atoms with E-state index in [-0.39, 0.29) is 11.4 Å². The van der Waals surface area contributed by atoms with Crippen molar-refractivity contribution in [2.45, 2.75) is 25.8 Å². The molecule has 5 nitrogen and oxygen atoms in total. The van der Waals surface area contributed by atoms with Crippen molar-refractivity contribution < 1.29 is 9.53 Å². The Balaban J connectivity index is 2.13. The monoisotopic (exact) mass is 249 g/mol. The van der Waals surface area contributed by atoms with Crippen LogP contribution in [0.3, 0.4) is 0 Å². The predicted octanol–water partition coefficient (Wildman–Crippen LogP) is 1.19. The van der Waals surface area contributed by atoms with Gasteiger partial charge in [0.15, 0.2) is 0 Å². The number of ether oxygens (including phenoxy) is 1. The first-order valence-electron chi connectivity index (χ1n) is 6.02. The molecule has 0 aliphatic carbocycles. The van der Waals surface area contributed by atoms with Crippen LogP contribution in [0.1, 0.15) is 29.3 Å². The molecule has 18 heavy (non-hydrogen) atoms. The van der Waals surface area contributed by atoms with Crippen LogP contribution in [0.5, 0.6) is 0 Å². The van der Waals surface area contributed by atoms with Crippen molar-refractivity contribution in [1.29, 1.82) is 0 Å². The third kappa shape index (κ3) is 2.63. The second-order valence-corrected chi connectivity index (χ2v) is 4.99. The van der Waals surface area contributed by atoms with Crippen molar-refractivity contribution in [2.24, 2.45) is 5.84 Å². The van der Waals surface area contributed by atoms with Gasteiger partial charge < -0.3 is 15.5 Å². The standard InChI is InChI=1S/C13H19N3O2/c1-9-7-10(16-14)3-4-11(9)12(17)15-13(2)5-6-18-8-13/h3-4,7,16H,5-6,8,14H2,1-2H3,(H,15,17). The molecular formula is C13H19N3O2. The molecule has 1 aromatic carbocycles. The van der Waals surface area contributed by atoms with Crippen LogP contribution >= 0.6 is 0 Å². The van der Waals surface area contributed by atoms with Gasteiger partial charge in [-0.25, -0.2) is 0 Å². The van der Waals surface area contributed by atoms with E-state index in [1.165, 1.54) is 0 Å². The van der Waals surface area contributed by atoms with E-state index < -0.39 is 0 Å². The van der Waals surface area contributed by atoms with Crippen molar-refractivity contribution in [2.75, 3.05) is 18.6 Å². The number of carbonyl (C=O) groups excluding carboxylic acids is 1. The Kier molecular flexibility index (Phi) is 3.54. The first-order valence-corrected chi connectivity index (χ1v) is 6.02. The number of aryl methyl sites for hydroxylation is 1. The summed E-state index contributed by atoms with van der Waals surface area (Å²) in [4.78, 5) is 12.2. The summed E-state index contributed by atoms with van der Waals surface area (Å²) in [6, 6.07) is 5.41. The molecule has 1 aromatic rings. The molecule has 1 fully saturated rings. The van der Waals surface area contributed by atoms with E-state index in [1.807, 2.05) is 19.9 Å². The number of nitrogens with one attached hydrogen (secondary N) is 2. The molecule has 4 N–H and O–H groups in total. The van der Waals surface area contributed by atoms with E-state index in [2.05, 4.69) is 10.7 Å². The van der Waals surface area contributed by atoms with Crippen LogP contribution < -0.4 is 16.6 Å². The van der Waals surface area contributed by atoms with Gasteiger partial charge in [-0.2, -0.15) is 0 Å². The second kappa shape index (κ2) is 4.96. The van der Waals surface area contributed by atoms with Gasteiger partial charge in [0.25, 0.3) is 5.91 Å². The lowest BCUT2D eigenvalue weighted by Crippen LogP contribution is -2.46. The number of nitrogens with two attached hydrogens (primary N) is 1. The number of hydrazine groups is 1. The Morgan fingerprint density at radius 1 is 1.50 bits per heavy atom. The summed E-state index contributed by atoms with van der Waals surface area (Å²) < 4.78 is 5.32. The Labute approximate surface area is 107 Å². The molecule has 1 atom stereocenters. The minimum atomic E-state index is -0.256. The number of rotatable bonds is 3. The van der Waals surface area contributed by atoms with Crippen molar-refractivity contribution >= 4 is 11.6 Å². The van der Waals surface area contributed by atoms with Gasteiger partial charge in [0.05, 0.1) is 12.1 Å². The van der Waals surface area contributed by atoms with E-state index in [0.717, 1.165) is 17.7 Å². The number of hydrogen-bond donors (Lipinski definition) is 3. The fourth-order valence-corrected chi connectivity index (χ4v) is 2.12. The van der Waals surface area contributed by atoms with Crippen LogP contribution in [0.15, 0.2) is 18.2 Å². The summed E-state index contributed by atoms with van der Waals surface area (Å²) in [7, 11) is 0. The average Bonchev–Trinajstić information content (AvgIpc) is 2.75. The summed E-state index contributed by atoms with van der Waals surface area (Å²) >= 11 is 0. The highest BCUT2D eigenvalue weighted by Crippen LogP contribution is 2.20. The quantitative estimate of drug-likeness (QED) is 0.555. The normalized spacial score (nSPS) is 22.8. The van der Waals surface area contributed by atoms with Gasteiger partial charge >= 0.3 is 0 Å². The first-order chi connectivity index (χ1) is 8.54. The topological polar surface area (TPSA) is 76.4 Å². The van der Waals surface area contributed by atoms with E-state index in [0.29, 0.717) is 18.8 Å². The third-order valence-electron chi connectivity index (χ3n) is 3.27. The highest BCUT2D eigenvalue weighted by Gasteiger charge is 2.31. The molecule has 1 aliphatic heterocycles. The maximum atomic E-state index is 12.2. The zero-order valence-corrected chi connectivity index (χ0v) is 10.7. The highest BCUT2D eigenvalue weighted by molar-refractivity contribution is 5.96. The molecule has 1 amide bonds. The van der Waals surface area contributed by atoms with Gasteiger partial charge in [0, 0.05) is 17.9 Å². The highest BCUT2D eigenvalue weighted by atomic mass is 16.5. The second-order valence-electron chi connectivity index (χ2n) is 4.99. The number of nitrogen functional groups attached to an aromatic ring is 1. The molecule has 2 rings (SSSR count). The average molecular weight is 249 g/mol. The van der Waals surface area contributed by atoms with Crippen molar-refractivity contribution in [3.8, 4) is 0 Å². The number of hydrogen-bond acceptors (Lipinski definition) is 4. The summed E-state index contributed by atoms with van der Waals surface area (Å²) in [5.41, 5.74) is 4.66. The molecule has 1 aliphatic rings. The van der Waals surface area contributed by atoms with E-state index in [1.54, 1.807) is 12.1 Å². The summed E-state index contributed by atoms with van der Waals surface area (Å²) in [5, 5.41) is 3.03. The minimum Gasteiger partial charge on any atom is -0.379 e. The first kappa shape index (κ1) is 12.9. The molecule has 0 spiro atoms. The van der Waals surface area contributed by atoms with Gasteiger partial charge in [-0.1, -0.05) is 0 Å². The van der Waals surface area contributed by atoms with E-state index in [4.69, 9.17) is 10.6 Å². The third-order valence-corrected chi connectivity index (χ3v) is 3.27. The van der Waals surface area contributed by atoms with E-state index in [9.17, 15) is 4.79 Å². The Bertz CT molecular complexity index is 454. The fourth-order valence-electron chi connectivity index (χ4n) is 2.12. The maximum Gasteiger partial charge on any atom is 0.252 e. The van der Waals surface area contributed by atoms with Crippen LogP contribution in [0.2, 0.25) is 0 Å². The molecule has 5 heteroatoms. The zero-order valence-electron chi connectivity index (χ0n) is 10.7. The Morgan fingerprint density at radius 3 is 2.83 bits per heavy atom.